The number of carboxylic acids is 1. The molecule has 1 N–H and O–H groups in total. The molecule has 6 heteroatoms. The van der Waals surface area contributed by atoms with Crippen molar-refractivity contribution in [2.24, 2.45) is 0 Å². The number of carboxylic acid groups (broad SMARTS) is 1. The van der Waals surface area contributed by atoms with Crippen molar-refractivity contribution >= 4 is 11.6 Å². The second-order valence-corrected chi connectivity index (χ2v) is 5.05. The van der Waals surface area contributed by atoms with Gasteiger partial charge in [-0.3, -0.25) is 4.40 Å². The summed E-state index contributed by atoms with van der Waals surface area (Å²) >= 11 is 0. The van der Waals surface area contributed by atoms with E-state index in [0.29, 0.717) is 11.5 Å². The van der Waals surface area contributed by atoms with E-state index in [2.05, 4.69) is 10.2 Å². The van der Waals surface area contributed by atoms with Crippen LogP contribution >= 0.6 is 0 Å². The van der Waals surface area contributed by atoms with Gasteiger partial charge in [0.25, 0.3) is 0 Å². The number of aryl methyl sites for hydroxylation is 2. The van der Waals surface area contributed by atoms with Crippen LogP contribution in [-0.4, -0.2) is 25.7 Å². The highest BCUT2D eigenvalue weighted by Gasteiger charge is 2.14. The van der Waals surface area contributed by atoms with E-state index >= 15 is 0 Å². The SMILES string of the molecule is Cc1cccc(C)c1OCc1nnc2c(C(=O)O)cccn12. The summed E-state index contributed by atoms with van der Waals surface area (Å²) in [5, 5.41) is 17.1. The van der Waals surface area contributed by atoms with Gasteiger partial charge in [-0.2, -0.15) is 0 Å². The third-order valence-electron chi connectivity index (χ3n) is 3.49. The van der Waals surface area contributed by atoms with Gasteiger partial charge in [-0.1, -0.05) is 18.2 Å². The van der Waals surface area contributed by atoms with Gasteiger partial charge in [0.05, 0.1) is 0 Å². The zero-order chi connectivity index (χ0) is 15.7. The van der Waals surface area contributed by atoms with E-state index in [0.717, 1.165) is 16.9 Å². The summed E-state index contributed by atoms with van der Waals surface area (Å²) < 4.78 is 7.49. The molecule has 0 saturated carbocycles. The van der Waals surface area contributed by atoms with Crippen molar-refractivity contribution in [3.63, 3.8) is 0 Å². The van der Waals surface area contributed by atoms with Crippen molar-refractivity contribution in [1.82, 2.24) is 14.6 Å². The maximum Gasteiger partial charge on any atom is 0.339 e. The fourth-order valence-electron chi connectivity index (χ4n) is 2.39. The highest BCUT2D eigenvalue weighted by molar-refractivity contribution is 5.94. The largest absolute Gasteiger partial charge is 0.485 e. The minimum Gasteiger partial charge on any atom is -0.485 e. The molecule has 3 rings (SSSR count). The monoisotopic (exact) mass is 297 g/mol. The molecule has 0 saturated heterocycles. The van der Waals surface area contributed by atoms with Crippen molar-refractivity contribution in [3.05, 3.63) is 59.0 Å². The molecule has 0 radical (unpaired) electrons. The number of aromatic nitrogens is 3. The summed E-state index contributed by atoms with van der Waals surface area (Å²) in [6, 6.07) is 9.09. The molecule has 112 valence electrons. The first-order chi connectivity index (χ1) is 10.6. The first-order valence-corrected chi connectivity index (χ1v) is 6.83. The van der Waals surface area contributed by atoms with Crippen molar-refractivity contribution in [2.45, 2.75) is 20.5 Å². The van der Waals surface area contributed by atoms with Crippen LogP contribution in [-0.2, 0) is 6.61 Å². The molecule has 0 amide bonds. The molecule has 2 aromatic heterocycles. The van der Waals surface area contributed by atoms with Crippen LogP contribution in [0.3, 0.4) is 0 Å². The Morgan fingerprint density at radius 2 is 1.91 bits per heavy atom. The minimum absolute atomic E-state index is 0.119. The molecule has 0 aliphatic heterocycles. The fraction of sp³-hybridized carbons (Fsp3) is 0.188. The second-order valence-electron chi connectivity index (χ2n) is 5.05. The Hall–Kier alpha value is -2.89. The number of benzene rings is 1. The van der Waals surface area contributed by atoms with Crippen molar-refractivity contribution in [1.29, 1.82) is 0 Å². The zero-order valence-corrected chi connectivity index (χ0v) is 12.3. The molecule has 0 aliphatic carbocycles. The summed E-state index contributed by atoms with van der Waals surface area (Å²) in [6.45, 7) is 4.18. The van der Waals surface area contributed by atoms with Crippen LogP contribution in [0.1, 0.15) is 27.3 Å². The second kappa shape index (κ2) is 5.48. The van der Waals surface area contributed by atoms with Gasteiger partial charge in [0.15, 0.2) is 11.5 Å². The Balaban J connectivity index is 1.92. The Morgan fingerprint density at radius 1 is 1.18 bits per heavy atom. The summed E-state index contributed by atoms with van der Waals surface area (Å²) in [4.78, 5) is 11.2. The quantitative estimate of drug-likeness (QED) is 0.801. The molecule has 3 aromatic rings. The molecule has 0 fully saturated rings. The molecule has 0 atom stereocenters. The zero-order valence-electron chi connectivity index (χ0n) is 12.3. The van der Waals surface area contributed by atoms with Crippen molar-refractivity contribution in [3.8, 4) is 5.75 Å². The maximum absolute atomic E-state index is 11.2. The third kappa shape index (κ3) is 2.39. The summed E-state index contributed by atoms with van der Waals surface area (Å²) in [5.41, 5.74) is 2.52. The summed E-state index contributed by atoms with van der Waals surface area (Å²) in [5.74, 6) is 0.342. The molecule has 2 heterocycles. The van der Waals surface area contributed by atoms with Gasteiger partial charge in [-0.15, -0.1) is 10.2 Å². The van der Waals surface area contributed by atoms with Crippen LogP contribution in [0.5, 0.6) is 5.75 Å². The number of pyridine rings is 1. The fourth-order valence-corrected chi connectivity index (χ4v) is 2.39. The van der Waals surface area contributed by atoms with Gasteiger partial charge < -0.3 is 9.84 Å². The first-order valence-electron chi connectivity index (χ1n) is 6.83. The molecule has 0 bridgehead atoms. The molecule has 0 aliphatic rings. The van der Waals surface area contributed by atoms with Crippen LogP contribution in [0.15, 0.2) is 36.5 Å². The molecule has 0 spiro atoms. The van der Waals surface area contributed by atoms with E-state index in [-0.39, 0.29) is 12.2 Å². The lowest BCUT2D eigenvalue weighted by atomic mass is 10.1. The Bertz CT molecular complexity index is 835. The predicted molar refractivity (Wildman–Crippen MR) is 80.2 cm³/mol. The number of rotatable bonds is 4. The van der Waals surface area contributed by atoms with Crippen molar-refractivity contribution < 1.29 is 14.6 Å². The topological polar surface area (TPSA) is 76.7 Å². The molecule has 6 nitrogen and oxygen atoms in total. The first kappa shape index (κ1) is 14.1. The number of fused-ring (bicyclic) bond motifs is 1. The number of aromatic carboxylic acids is 1. The molecule has 0 unspecified atom stereocenters. The number of hydrogen-bond donors (Lipinski definition) is 1. The maximum atomic E-state index is 11.2. The van der Waals surface area contributed by atoms with Crippen LogP contribution in [0.2, 0.25) is 0 Å². The summed E-state index contributed by atoms with van der Waals surface area (Å²) in [6.07, 6.45) is 1.73. The normalized spacial score (nSPS) is 10.8. The Morgan fingerprint density at radius 3 is 2.59 bits per heavy atom. The van der Waals surface area contributed by atoms with E-state index in [1.165, 1.54) is 6.07 Å². The van der Waals surface area contributed by atoms with Gasteiger partial charge in [0.1, 0.15) is 17.9 Å². The van der Waals surface area contributed by atoms with Gasteiger partial charge in [-0.05, 0) is 37.1 Å². The number of carbonyl (C=O) groups is 1. The van der Waals surface area contributed by atoms with Crippen LogP contribution in [0.25, 0.3) is 5.65 Å². The smallest absolute Gasteiger partial charge is 0.339 e. The van der Waals surface area contributed by atoms with Crippen molar-refractivity contribution in [2.75, 3.05) is 0 Å². The van der Waals surface area contributed by atoms with E-state index in [1.807, 2.05) is 32.0 Å². The number of nitrogens with zero attached hydrogens (tertiary/aromatic N) is 3. The van der Waals surface area contributed by atoms with Crippen LogP contribution in [0, 0.1) is 13.8 Å². The van der Waals surface area contributed by atoms with Crippen LogP contribution < -0.4 is 4.74 Å². The molecular weight excluding hydrogens is 282 g/mol. The van der Waals surface area contributed by atoms with Gasteiger partial charge in [0.2, 0.25) is 0 Å². The predicted octanol–water partition coefficient (Wildman–Crippen LogP) is 2.62. The van der Waals surface area contributed by atoms with Gasteiger partial charge >= 0.3 is 5.97 Å². The molecular formula is C16H15N3O3. The standard InChI is InChI=1S/C16H15N3O3/c1-10-5-3-6-11(2)14(10)22-9-13-17-18-15-12(16(20)21)7-4-8-19(13)15/h3-8H,9H2,1-2H3,(H,20,21). The molecule has 1 aromatic carbocycles. The highest BCUT2D eigenvalue weighted by Crippen LogP contribution is 2.23. The highest BCUT2D eigenvalue weighted by atomic mass is 16.5. The Kier molecular flexibility index (Phi) is 3.50. The molecule has 22 heavy (non-hydrogen) atoms. The number of para-hydroxylation sites is 1. The van der Waals surface area contributed by atoms with Gasteiger partial charge in [-0.25, -0.2) is 4.79 Å². The lowest BCUT2D eigenvalue weighted by molar-refractivity contribution is 0.0698. The van der Waals surface area contributed by atoms with Crippen LogP contribution in [0.4, 0.5) is 0 Å². The minimum atomic E-state index is -1.03. The number of ether oxygens (including phenoxy) is 1. The lowest BCUT2D eigenvalue weighted by Crippen LogP contribution is -2.05. The lowest BCUT2D eigenvalue weighted by Gasteiger charge is -2.11. The average Bonchev–Trinajstić information content (AvgIpc) is 2.90. The van der Waals surface area contributed by atoms with E-state index in [1.54, 1.807) is 16.7 Å². The Labute approximate surface area is 127 Å². The average molecular weight is 297 g/mol. The summed E-state index contributed by atoms with van der Waals surface area (Å²) in [7, 11) is 0. The third-order valence-corrected chi connectivity index (χ3v) is 3.49. The van der Waals surface area contributed by atoms with E-state index in [9.17, 15) is 4.79 Å². The number of hydrogen-bond acceptors (Lipinski definition) is 4. The van der Waals surface area contributed by atoms with E-state index < -0.39 is 5.97 Å². The van der Waals surface area contributed by atoms with E-state index in [4.69, 9.17) is 9.84 Å². The van der Waals surface area contributed by atoms with Gasteiger partial charge in [0, 0.05) is 6.20 Å².